The average Bonchev–Trinajstić information content (AvgIpc) is 2.65. The predicted octanol–water partition coefficient (Wildman–Crippen LogP) is 3.92. The summed E-state index contributed by atoms with van der Waals surface area (Å²) in [7, 11) is 0. The maximum atomic E-state index is 12.1. The fourth-order valence-corrected chi connectivity index (χ4v) is 2.63. The molecule has 0 radical (unpaired) electrons. The summed E-state index contributed by atoms with van der Waals surface area (Å²) in [4.78, 5) is 16.6. The molecule has 2 aromatic heterocycles. The molecule has 0 bridgehead atoms. The Kier molecular flexibility index (Phi) is 4.00. The number of carbonyl (C=O) groups is 1. The van der Waals surface area contributed by atoms with Gasteiger partial charge in [-0.2, -0.15) is 0 Å². The monoisotopic (exact) mass is 290 g/mol. The van der Waals surface area contributed by atoms with E-state index < -0.39 is 5.38 Å². The Balaban J connectivity index is 2.61. The van der Waals surface area contributed by atoms with Crippen molar-refractivity contribution < 1.29 is 4.79 Å². The van der Waals surface area contributed by atoms with Gasteiger partial charge in [0.05, 0.1) is 16.8 Å². The third-order valence-corrected chi connectivity index (χ3v) is 3.69. The summed E-state index contributed by atoms with van der Waals surface area (Å²) >= 11 is 5.92. The van der Waals surface area contributed by atoms with Crippen LogP contribution in [0.15, 0.2) is 18.2 Å². The standard InChI is InChI=1S/C16H19ClN2O/c1-9-6-7-15(12(4)18-9)19-10(2)8-14(13(19)5)16(20)11(3)17/h6-8,11H,1-5H3. The van der Waals surface area contributed by atoms with Crippen LogP contribution in [0.25, 0.3) is 5.69 Å². The van der Waals surface area contributed by atoms with E-state index in [1.54, 1.807) is 6.92 Å². The van der Waals surface area contributed by atoms with Gasteiger partial charge in [-0.15, -0.1) is 11.6 Å². The molecule has 20 heavy (non-hydrogen) atoms. The highest BCUT2D eigenvalue weighted by atomic mass is 35.5. The molecule has 0 saturated carbocycles. The Hall–Kier alpha value is -1.61. The highest BCUT2D eigenvalue weighted by molar-refractivity contribution is 6.33. The minimum atomic E-state index is -0.513. The molecule has 1 unspecified atom stereocenters. The first-order valence-corrected chi connectivity index (χ1v) is 7.08. The van der Waals surface area contributed by atoms with Crippen molar-refractivity contribution in [3.63, 3.8) is 0 Å². The van der Waals surface area contributed by atoms with Crippen LogP contribution in [0.3, 0.4) is 0 Å². The molecule has 0 aliphatic heterocycles. The van der Waals surface area contributed by atoms with Gasteiger partial charge >= 0.3 is 0 Å². The van der Waals surface area contributed by atoms with Crippen LogP contribution in [0.5, 0.6) is 0 Å². The summed E-state index contributed by atoms with van der Waals surface area (Å²) in [6.45, 7) is 9.58. The molecule has 4 heteroatoms. The molecular weight excluding hydrogens is 272 g/mol. The summed E-state index contributed by atoms with van der Waals surface area (Å²) < 4.78 is 2.06. The molecule has 1 atom stereocenters. The van der Waals surface area contributed by atoms with E-state index in [9.17, 15) is 4.79 Å². The minimum absolute atomic E-state index is 0.0382. The summed E-state index contributed by atoms with van der Waals surface area (Å²) in [5.74, 6) is -0.0382. The Bertz CT molecular complexity index is 671. The van der Waals surface area contributed by atoms with Crippen LogP contribution in [0.2, 0.25) is 0 Å². The number of nitrogens with zero attached hydrogens (tertiary/aromatic N) is 2. The molecule has 0 aliphatic carbocycles. The number of rotatable bonds is 3. The number of alkyl halides is 1. The molecule has 0 saturated heterocycles. The number of Topliss-reactive ketones (excluding diaryl/α,β-unsaturated/α-hetero) is 1. The van der Waals surface area contributed by atoms with Crippen molar-refractivity contribution in [3.05, 3.63) is 46.5 Å². The SMILES string of the molecule is Cc1ccc(-n2c(C)cc(C(=O)C(C)Cl)c2C)c(C)n1. The van der Waals surface area contributed by atoms with E-state index in [1.165, 1.54) is 0 Å². The Morgan fingerprint density at radius 2 is 1.90 bits per heavy atom. The highest BCUT2D eigenvalue weighted by Gasteiger charge is 2.20. The lowest BCUT2D eigenvalue weighted by Crippen LogP contribution is -2.12. The third-order valence-electron chi connectivity index (χ3n) is 3.50. The van der Waals surface area contributed by atoms with Crippen molar-refractivity contribution in [3.8, 4) is 5.69 Å². The van der Waals surface area contributed by atoms with E-state index in [1.807, 2.05) is 45.9 Å². The molecule has 0 spiro atoms. The van der Waals surface area contributed by atoms with Crippen LogP contribution < -0.4 is 0 Å². The van der Waals surface area contributed by atoms with Crippen molar-refractivity contribution >= 4 is 17.4 Å². The maximum absolute atomic E-state index is 12.1. The molecule has 0 amide bonds. The fraction of sp³-hybridized carbons (Fsp3) is 0.375. The van der Waals surface area contributed by atoms with Crippen LogP contribution in [0.1, 0.15) is 40.1 Å². The van der Waals surface area contributed by atoms with E-state index in [0.29, 0.717) is 5.56 Å². The molecule has 0 aliphatic rings. The highest BCUT2D eigenvalue weighted by Crippen LogP contribution is 2.24. The van der Waals surface area contributed by atoms with Gasteiger partial charge in [0.2, 0.25) is 0 Å². The average molecular weight is 291 g/mol. The molecule has 2 heterocycles. The number of pyridine rings is 1. The van der Waals surface area contributed by atoms with Crippen LogP contribution in [0, 0.1) is 27.7 Å². The van der Waals surface area contributed by atoms with Crippen molar-refractivity contribution in [1.82, 2.24) is 9.55 Å². The number of aryl methyl sites for hydroxylation is 3. The second kappa shape index (κ2) is 5.41. The fourth-order valence-electron chi connectivity index (χ4n) is 2.51. The lowest BCUT2D eigenvalue weighted by Gasteiger charge is -2.13. The van der Waals surface area contributed by atoms with Crippen LogP contribution in [0.4, 0.5) is 0 Å². The first kappa shape index (κ1) is 14.8. The number of halogens is 1. The number of hydrogen-bond acceptors (Lipinski definition) is 2. The summed E-state index contributed by atoms with van der Waals surface area (Å²) in [5, 5.41) is -0.513. The van der Waals surface area contributed by atoms with Crippen LogP contribution >= 0.6 is 11.6 Å². The van der Waals surface area contributed by atoms with Gasteiger partial charge in [0, 0.05) is 22.6 Å². The molecule has 2 rings (SSSR count). The Labute approximate surface area is 124 Å². The summed E-state index contributed by atoms with van der Waals surface area (Å²) in [5.41, 5.74) is 5.55. The maximum Gasteiger partial charge on any atom is 0.182 e. The van der Waals surface area contributed by atoms with Gasteiger partial charge in [0.1, 0.15) is 0 Å². The van der Waals surface area contributed by atoms with E-state index in [4.69, 9.17) is 11.6 Å². The van der Waals surface area contributed by atoms with Crippen molar-refractivity contribution in [2.45, 2.75) is 40.0 Å². The van der Waals surface area contributed by atoms with Gasteiger partial charge in [-0.05, 0) is 52.8 Å². The van der Waals surface area contributed by atoms with E-state index in [0.717, 1.165) is 28.5 Å². The topological polar surface area (TPSA) is 34.9 Å². The third kappa shape index (κ3) is 2.50. The molecule has 0 fully saturated rings. The van der Waals surface area contributed by atoms with Crippen LogP contribution in [-0.2, 0) is 0 Å². The number of aromatic nitrogens is 2. The van der Waals surface area contributed by atoms with Gasteiger partial charge in [0.25, 0.3) is 0 Å². The zero-order chi connectivity index (χ0) is 15.0. The second-order valence-electron chi connectivity index (χ2n) is 5.16. The molecule has 2 aromatic rings. The van der Waals surface area contributed by atoms with E-state index in [-0.39, 0.29) is 5.78 Å². The van der Waals surface area contributed by atoms with Crippen molar-refractivity contribution in [2.75, 3.05) is 0 Å². The van der Waals surface area contributed by atoms with Gasteiger partial charge in [0.15, 0.2) is 5.78 Å². The molecule has 0 N–H and O–H groups in total. The second-order valence-corrected chi connectivity index (χ2v) is 5.81. The van der Waals surface area contributed by atoms with Crippen molar-refractivity contribution in [2.24, 2.45) is 0 Å². The van der Waals surface area contributed by atoms with Crippen molar-refractivity contribution in [1.29, 1.82) is 0 Å². The minimum Gasteiger partial charge on any atom is -0.316 e. The molecule has 3 nitrogen and oxygen atoms in total. The quantitative estimate of drug-likeness (QED) is 0.634. The number of hydrogen-bond donors (Lipinski definition) is 0. The normalized spacial score (nSPS) is 12.5. The zero-order valence-corrected chi connectivity index (χ0v) is 13.2. The summed E-state index contributed by atoms with van der Waals surface area (Å²) in [6.07, 6.45) is 0. The number of ketones is 1. The lowest BCUT2D eigenvalue weighted by atomic mass is 10.1. The molecule has 0 aromatic carbocycles. The Morgan fingerprint density at radius 3 is 2.45 bits per heavy atom. The molecular formula is C16H19ClN2O. The molecule has 106 valence electrons. The lowest BCUT2D eigenvalue weighted by molar-refractivity contribution is 0.0991. The predicted molar refractivity (Wildman–Crippen MR) is 82.2 cm³/mol. The van der Waals surface area contributed by atoms with Gasteiger partial charge in [-0.1, -0.05) is 0 Å². The Morgan fingerprint density at radius 1 is 1.25 bits per heavy atom. The van der Waals surface area contributed by atoms with E-state index in [2.05, 4.69) is 9.55 Å². The largest absolute Gasteiger partial charge is 0.316 e. The van der Waals surface area contributed by atoms with Gasteiger partial charge in [-0.3, -0.25) is 9.78 Å². The van der Waals surface area contributed by atoms with Gasteiger partial charge < -0.3 is 4.57 Å². The first-order chi connectivity index (χ1) is 9.32. The first-order valence-electron chi connectivity index (χ1n) is 6.64. The van der Waals surface area contributed by atoms with E-state index >= 15 is 0 Å². The summed E-state index contributed by atoms with van der Waals surface area (Å²) in [6, 6.07) is 5.92. The number of carbonyl (C=O) groups excluding carboxylic acids is 1. The smallest absolute Gasteiger partial charge is 0.182 e. The van der Waals surface area contributed by atoms with Crippen LogP contribution in [-0.4, -0.2) is 20.7 Å². The zero-order valence-electron chi connectivity index (χ0n) is 12.5. The van der Waals surface area contributed by atoms with Gasteiger partial charge in [-0.25, -0.2) is 0 Å².